The lowest BCUT2D eigenvalue weighted by Crippen LogP contribution is -2.38. The summed E-state index contributed by atoms with van der Waals surface area (Å²) in [7, 11) is 0. The van der Waals surface area contributed by atoms with Gasteiger partial charge in [-0.1, -0.05) is 21.3 Å². The minimum absolute atomic E-state index is 0.0255. The summed E-state index contributed by atoms with van der Waals surface area (Å²) in [6.45, 7) is 1.89. The van der Waals surface area contributed by atoms with Gasteiger partial charge in [-0.05, 0) is 37.8 Å². The van der Waals surface area contributed by atoms with Gasteiger partial charge in [0.25, 0.3) is 0 Å². The van der Waals surface area contributed by atoms with E-state index in [9.17, 15) is 4.79 Å². The third-order valence-corrected chi connectivity index (χ3v) is 6.92. The van der Waals surface area contributed by atoms with Crippen molar-refractivity contribution < 1.29 is 9.42 Å². The first-order chi connectivity index (χ1) is 14.6. The molecule has 0 aromatic carbocycles. The number of anilines is 1. The maximum atomic E-state index is 12.1. The van der Waals surface area contributed by atoms with Gasteiger partial charge < -0.3 is 10.6 Å². The molecule has 1 aliphatic heterocycles. The number of halogens is 1. The van der Waals surface area contributed by atoms with Crippen molar-refractivity contribution in [2.45, 2.75) is 50.4 Å². The zero-order chi connectivity index (χ0) is 20.9. The number of nitriles is 1. The average Bonchev–Trinajstić information content (AvgIpc) is 3.40. The lowest BCUT2D eigenvalue weighted by molar-refractivity contribution is -0.115. The van der Waals surface area contributed by atoms with Crippen LogP contribution in [0, 0.1) is 11.3 Å². The van der Waals surface area contributed by atoms with Crippen LogP contribution < -0.4 is 10.6 Å². The Morgan fingerprint density at radius 1 is 1.33 bits per heavy atom. The Kier molecular flexibility index (Phi) is 7.04. The van der Waals surface area contributed by atoms with E-state index in [4.69, 9.17) is 21.5 Å². The van der Waals surface area contributed by atoms with E-state index in [0.29, 0.717) is 22.9 Å². The van der Waals surface area contributed by atoms with E-state index < -0.39 is 0 Å². The van der Waals surface area contributed by atoms with E-state index in [1.54, 1.807) is 12.1 Å². The Morgan fingerprint density at radius 3 is 2.90 bits per heavy atom. The lowest BCUT2D eigenvalue weighted by atomic mass is 9.91. The van der Waals surface area contributed by atoms with Crippen LogP contribution in [0.5, 0.6) is 0 Å². The zero-order valence-electron chi connectivity index (χ0n) is 16.7. The number of nitrogens with one attached hydrogen (secondary N) is 2. The molecule has 9 nitrogen and oxygen atoms in total. The standard InChI is InChI=1S/C19H26ClN7O2S/c20-14-1-6-18(23-10-14)24-19(28)11-22-15-2-4-16(5-3-15)27-26(29-27)8-7-25-13-30-12-17(25)9-21/h1,6,10,15-17,22H,2-5,7-8,11-13H2,(H,23,24,28). The molecule has 1 saturated carbocycles. The van der Waals surface area contributed by atoms with Gasteiger partial charge in [-0.2, -0.15) is 5.26 Å². The molecule has 4 rings (SSSR count). The summed E-state index contributed by atoms with van der Waals surface area (Å²) in [5, 5.41) is 15.8. The van der Waals surface area contributed by atoms with Gasteiger partial charge in [0.15, 0.2) is 0 Å². The van der Waals surface area contributed by atoms with Crippen molar-refractivity contribution >= 4 is 35.1 Å². The molecule has 1 saturated heterocycles. The number of amides is 1. The van der Waals surface area contributed by atoms with Crippen molar-refractivity contribution in [1.82, 2.24) is 24.9 Å². The van der Waals surface area contributed by atoms with E-state index >= 15 is 0 Å². The molecule has 0 radical (unpaired) electrons. The fourth-order valence-corrected chi connectivity index (χ4v) is 5.14. The molecule has 3 heterocycles. The molecular formula is C19H26ClN7O2S. The highest BCUT2D eigenvalue weighted by Gasteiger charge is 2.30. The molecule has 162 valence electrons. The highest BCUT2D eigenvalue weighted by molar-refractivity contribution is 7.99. The molecule has 30 heavy (non-hydrogen) atoms. The van der Waals surface area contributed by atoms with Crippen LogP contribution in [0.15, 0.2) is 23.0 Å². The summed E-state index contributed by atoms with van der Waals surface area (Å²) < 4.78 is 5.64. The SMILES string of the molecule is N#CC1CSCN1CCn1on1C1CCC(NCC(=O)Nc2ccc(Cl)cn2)CC1. The molecule has 11 heteroatoms. The van der Waals surface area contributed by atoms with Crippen LogP contribution in [0.2, 0.25) is 5.02 Å². The molecule has 0 spiro atoms. The van der Waals surface area contributed by atoms with Crippen LogP contribution in [0.4, 0.5) is 5.82 Å². The highest BCUT2D eigenvalue weighted by atomic mass is 35.5. The second-order valence-corrected chi connectivity index (χ2v) is 9.15. The van der Waals surface area contributed by atoms with Gasteiger partial charge in [-0.25, -0.2) is 4.98 Å². The fourth-order valence-electron chi connectivity index (χ4n) is 3.87. The van der Waals surface area contributed by atoms with E-state index in [1.807, 2.05) is 21.5 Å². The summed E-state index contributed by atoms with van der Waals surface area (Å²) >= 11 is 7.61. The lowest BCUT2D eigenvalue weighted by Gasteiger charge is -2.26. The van der Waals surface area contributed by atoms with E-state index in [2.05, 4.69) is 26.6 Å². The molecule has 2 N–H and O–H groups in total. The summed E-state index contributed by atoms with van der Waals surface area (Å²) in [4.78, 5) is 22.2. The number of nitrogens with zero attached hydrogens (tertiary/aromatic N) is 5. The van der Waals surface area contributed by atoms with Gasteiger partial charge in [0.2, 0.25) is 5.91 Å². The normalized spacial score (nSPS) is 24.7. The van der Waals surface area contributed by atoms with Crippen LogP contribution in [0.25, 0.3) is 0 Å². The Bertz CT molecular complexity index is 863. The summed E-state index contributed by atoms with van der Waals surface area (Å²) in [5.41, 5.74) is 0. The predicted molar refractivity (Wildman–Crippen MR) is 115 cm³/mol. The minimum Gasteiger partial charge on any atom is -0.310 e. The smallest absolute Gasteiger partial charge is 0.239 e. The summed E-state index contributed by atoms with van der Waals surface area (Å²) in [5.74, 6) is 2.21. The number of pyridine rings is 1. The molecule has 1 atom stereocenters. The van der Waals surface area contributed by atoms with Gasteiger partial charge >= 0.3 is 0 Å². The maximum absolute atomic E-state index is 12.1. The zero-order valence-corrected chi connectivity index (χ0v) is 18.2. The quantitative estimate of drug-likeness (QED) is 0.635. The maximum Gasteiger partial charge on any atom is 0.239 e. The minimum atomic E-state index is -0.108. The molecule has 1 aliphatic carbocycles. The monoisotopic (exact) mass is 451 g/mol. The van der Waals surface area contributed by atoms with E-state index in [0.717, 1.165) is 50.4 Å². The van der Waals surface area contributed by atoms with E-state index in [1.165, 1.54) is 6.20 Å². The molecule has 2 aliphatic rings. The number of carbonyl (C=O) groups excluding carboxylic acids is 1. The Hall–Kier alpha value is -1.93. The molecule has 2 fully saturated rings. The van der Waals surface area contributed by atoms with Crippen molar-refractivity contribution in [3.8, 4) is 6.07 Å². The van der Waals surface area contributed by atoms with Crippen molar-refractivity contribution in [3.63, 3.8) is 0 Å². The second kappa shape index (κ2) is 9.92. The van der Waals surface area contributed by atoms with Gasteiger partial charge in [-0.15, -0.1) is 11.8 Å². The molecule has 2 aromatic rings. The molecule has 1 amide bonds. The number of aromatic nitrogens is 3. The summed E-state index contributed by atoms with van der Waals surface area (Å²) in [6, 6.07) is 6.48. The van der Waals surface area contributed by atoms with Crippen LogP contribution >= 0.6 is 23.4 Å². The van der Waals surface area contributed by atoms with Crippen molar-refractivity contribution in [2.24, 2.45) is 0 Å². The van der Waals surface area contributed by atoms with Crippen LogP contribution in [0.1, 0.15) is 31.7 Å². The van der Waals surface area contributed by atoms with Gasteiger partial charge in [0.05, 0.1) is 30.2 Å². The van der Waals surface area contributed by atoms with Crippen LogP contribution in [0.3, 0.4) is 0 Å². The van der Waals surface area contributed by atoms with Crippen molar-refractivity contribution in [1.29, 1.82) is 5.26 Å². The number of thioether (sulfide) groups is 1. The number of rotatable bonds is 8. The van der Waals surface area contributed by atoms with Crippen molar-refractivity contribution in [2.75, 3.05) is 30.0 Å². The molecular weight excluding hydrogens is 426 g/mol. The predicted octanol–water partition coefficient (Wildman–Crippen LogP) is 2.54. The Morgan fingerprint density at radius 2 is 2.17 bits per heavy atom. The van der Waals surface area contributed by atoms with Crippen molar-refractivity contribution in [3.05, 3.63) is 23.4 Å². The molecule has 1 unspecified atom stereocenters. The first-order valence-corrected chi connectivity index (χ1v) is 11.8. The number of hydrogen-bond acceptors (Lipinski definition) is 7. The Balaban J connectivity index is 1.13. The topological polar surface area (TPSA) is 104 Å². The fraction of sp³-hybridized carbons (Fsp3) is 0.632. The van der Waals surface area contributed by atoms with Crippen LogP contribution in [-0.4, -0.2) is 62.3 Å². The van der Waals surface area contributed by atoms with E-state index in [-0.39, 0.29) is 18.5 Å². The second-order valence-electron chi connectivity index (χ2n) is 7.71. The third-order valence-electron chi connectivity index (χ3n) is 5.63. The summed E-state index contributed by atoms with van der Waals surface area (Å²) in [6.07, 6.45) is 5.56. The average molecular weight is 452 g/mol. The highest BCUT2D eigenvalue weighted by Crippen LogP contribution is 2.30. The third kappa shape index (κ3) is 5.60. The first-order valence-electron chi connectivity index (χ1n) is 10.2. The first kappa shape index (κ1) is 21.3. The van der Waals surface area contributed by atoms with Crippen LogP contribution in [-0.2, 0) is 11.3 Å². The number of hydrogen-bond donors (Lipinski definition) is 2. The number of carbonyl (C=O) groups is 1. The van der Waals surface area contributed by atoms with Gasteiger partial charge in [-0.3, -0.25) is 14.3 Å². The molecule has 0 bridgehead atoms. The Labute approximate surface area is 184 Å². The largest absolute Gasteiger partial charge is 0.310 e. The van der Waals surface area contributed by atoms with Gasteiger partial charge in [0.1, 0.15) is 11.9 Å². The van der Waals surface area contributed by atoms with Gasteiger partial charge in [0, 0.05) is 30.4 Å². The molecule has 2 aromatic heterocycles.